The second kappa shape index (κ2) is 11.0. The first kappa shape index (κ1) is 28.6. The van der Waals surface area contributed by atoms with Crippen molar-refractivity contribution >= 4 is 57.7 Å². The van der Waals surface area contributed by atoms with E-state index in [1.807, 2.05) is 6.08 Å². The first-order chi connectivity index (χ1) is 18.3. The van der Waals surface area contributed by atoms with Gasteiger partial charge in [-0.2, -0.15) is 0 Å². The van der Waals surface area contributed by atoms with Gasteiger partial charge in [-0.25, -0.2) is 9.78 Å². The summed E-state index contributed by atoms with van der Waals surface area (Å²) in [7, 11) is 2.16. The fourth-order valence-electron chi connectivity index (χ4n) is 4.50. The highest BCUT2D eigenvalue weighted by atomic mass is 32.2. The number of nitrogens with one attached hydrogen (secondary N) is 1. The average Bonchev–Trinajstić information content (AvgIpc) is 3.50. The Morgan fingerprint density at radius 3 is 2.67 bits per heavy atom. The van der Waals surface area contributed by atoms with Crippen LogP contribution in [0, 0.1) is 0 Å². The van der Waals surface area contributed by atoms with Crippen molar-refractivity contribution in [2.24, 2.45) is 5.16 Å². The smallest absolute Gasteiger partial charge is 0.350 e. The van der Waals surface area contributed by atoms with Crippen LogP contribution in [0.15, 0.2) is 34.0 Å². The zero-order valence-corrected chi connectivity index (χ0v) is 23.3. The summed E-state index contributed by atoms with van der Waals surface area (Å²) in [5.41, 5.74) is 3.86. The number of nitrogens with two attached hydrogens (primary N) is 1. The van der Waals surface area contributed by atoms with E-state index in [9.17, 15) is 29.4 Å². The number of hydrogen-bond donors (Lipinski definition) is 3. The van der Waals surface area contributed by atoms with E-state index >= 15 is 0 Å². The molecule has 0 aliphatic carbocycles. The number of carbonyl (C=O) groups is 4. The molecular formula is C24H30N6O7S2. The molecule has 2 saturated heterocycles. The minimum absolute atomic E-state index is 0.0354. The maximum absolute atomic E-state index is 13.2. The highest BCUT2D eigenvalue weighted by Gasteiger charge is 2.53. The summed E-state index contributed by atoms with van der Waals surface area (Å²) < 4.78 is 0.888. The fraction of sp³-hybridized carbons (Fsp3) is 0.500. The maximum atomic E-state index is 13.2. The summed E-state index contributed by atoms with van der Waals surface area (Å²) in [4.78, 5) is 59.9. The van der Waals surface area contributed by atoms with Gasteiger partial charge in [0.1, 0.15) is 17.1 Å². The number of β-lactam (4-membered cyclic amide) rings is 1. The monoisotopic (exact) mass is 578 g/mol. The number of hydrogen-bond acceptors (Lipinski definition) is 11. The van der Waals surface area contributed by atoms with E-state index in [4.69, 9.17) is 10.6 Å². The lowest BCUT2D eigenvalue weighted by Gasteiger charge is -2.50. The molecule has 2 fully saturated rings. The molecule has 4 N–H and O–H groups in total. The van der Waals surface area contributed by atoms with Crippen LogP contribution in [0.25, 0.3) is 0 Å². The molecule has 1 unspecified atom stereocenters. The zero-order valence-electron chi connectivity index (χ0n) is 21.7. The molecule has 13 nitrogen and oxygen atoms in total. The van der Waals surface area contributed by atoms with E-state index in [-0.39, 0.29) is 22.2 Å². The Bertz CT molecular complexity index is 1280. The van der Waals surface area contributed by atoms with E-state index in [1.54, 1.807) is 6.08 Å². The van der Waals surface area contributed by atoms with Crippen LogP contribution in [0.3, 0.4) is 0 Å². The number of likely N-dealkylation sites (N-methyl/N-ethyl adjacent to an activating group) is 1. The van der Waals surface area contributed by atoms with Gasteiger partial charge in [0.05, 0.1) is 38.3 Å². The molecule has 4 rings (SSSR count). The summed E-state index contributed by atoms with van der Waals surface area (Å²) >= 11 is 2.35. The number of carboxylic acids is 2. The van der Waals surface area contributed by atoms with E-state index in [0.29, 0.717) is 11.3 Å². The standard InChI is InChI=1S/C24H30N6O7S2/c1-24(2,22(35)36)37-28-15(14-12-39-23(25)26-14)18(31)27-16-19(32)29-17(21(33)34)13(11-38-20(16)29)7-6-10-30(3)8-4-5-9-30/h6-7,12,16,20H,4-5,8-11H2,1-3H3,(H4-,25,26,27,31,33,34,35,36)/b7-6+,28-15-/t16?,20-/m0/s1. The Kier molecular flexibility index (Phi) is 8.04. The van der Waals surface area contributed by atoms with Gasteiger partial charge in [-0.1, -0.05) is 11.2 Å². The number of anilines is 1. The van der Waals surface area contributed by atoms with Crippen molar-refractivity contribution in [2.45, 2.75) is 43.7 Å². The van der Waals surface area contributed by atoms with Gasteiger partial charge < -0.3 is 35.4 Å². The number of amides is 2. The minimum atomic E-state index is -1.75. The van der Waals surface area contributed by atoms with Crippen molar-refractivity contribution < 1.29 is 38.7 Å². The molecule has 210 valence electrons. The van der Waals surface area contributed by atoms with Crippen LogP contribution < -0.4 is 16.2 Å². The number of nitrogens with zero attached hydrogens (tertiary/aromatic N) is 4. The van der Waals surface area contributed by atoms with Gasteiger partial charge in [-0.05, 0) is 25.5 Å². The predicted molar refractivity (Wildman–Crippen MR) is 142 cm³/mol. The highest BCUT2D eigenvalue weighted by molar-refractivity contribution is 8.00. The second-order valence-corrected chi connectivity index (χ2v) is 12.3. The number of aromatic nitrogens is 1. The Morgan fingerprint density at radius 1 is 1.38 bits per heavy atom. The maximum Gasteiger partial charge on any atom is 0.350 e. The van der Waals surface area contributed by atoms with Gasteiger partial charge in [0.15, 0.2) is 10.8 Å². The molecule has 0 aromatic carbocycles. The van der Waals surface area contributed by atoms with E-state index in [1.165, 1.54) is 31.0 Å². The number of thiazole rings is 1. The number of quaternary nitrogens is 1. The summed E-state index contributed by atoms with van der Waals surface area (Å²) in [5.74, 6) is -3.94. The van der Waals surface area contributed by atoms with Crippen molar-refractivity contribution in [3.05, 3.63) is 34.5 Å². The quantitative estimate of drug-likeness (QED) is 0.141. The molecule has 15 heteroatoms. The Balaban J connectivity index is 1.51. The number of allylic oxidation sites excluding steroid dienone is 1. The lowest BCUT2D eigenvalue weighted by molar-refractivity contribution is -0.891. The Hall–Kier alpha value is -3.43. The van der Waals surface area contributed by atoms with E-state index in [0.717, 1.165) is 53.2 Å². The minimum Gasteiger partial charge on any atom is -0.543 e. The van der Waals surface area contributed by atoms with Gasteiger partial charge in [0.2, 0.25) is 5.60 Å². The lowest BCUT2D eigenvalue weighted by atomic mass is 10.0. The molecule has 0 bridgehead atoms. The van der Waals surface area contributed by atoms with Crippen LogP contribution in [0.1, 0.15) is 32.4 Å². The number of likely N-dealkylation sites (tertiary alicyclic amines) is 1. The van der Waals surface area contributed by atoms with E-state index in [2.05, 4.69) is 22.5 Å². The Labute approximate surface area is 232 Å². The van der Waals surface area contributed by atoms with Crippen molar-refractivity contribution in [2.75, 3.05) is 38.2 Å². The van der Waals surface area contributed by atoms with Crippen LogP contribution in [-0.2, 0) is 24.0 Å². The predicted octanol–water partition coefficient (Wildman–Crippen LogP) is -0.490. The molecule has 0 radical (unpaired) electrons. The zero-order chi connectivity index (χ0) is 28.5. The topological polar surface area (TPSA) is 187 Å². The van der Waals surface area contributed by atoms with Crippen LogP contribution in [0.4, 0.5) is 5.13 Å². The molecule has 1 aromatic heterocycles. The summed E-state index contributed by atoms with van der Waals surface area (Å²) in [6, 6.07) is -1.05. The van der Waals surface area contributed by atoms with Crippen molar-refractivity contribution in [1.82, 2.24) is 15.2 Å². The molecule has 4 heterocycles. The first-order valence-corrected chi connectivity index (χ1v) is 14.2. The third-order valence-electron chi connectivity index (χ3n) is 6.85. The molecule has 3 aliphatic heterocycles. The molecule has 2 amide bonds. The third-order valence-corrected chi connectivity index (χ3v) is 8.82. The molecule has 3 aliphatic rings. The van der Waals surface area contributed by atoms with Crippen LogP contribution in [0.2, 0.25) is 0 Å². The van der Waals surface area contributed by atoms with Crippen LogP contribution in [0.5, 0.6) is 0 Å². The molecule has 2 atom stereocenters. The molecule has 0 spiro atoms. The molecular weight excluding hydrogens is 548 g/mol. The number of aliphatic carboxylic acids is 2. The second-order valence-electron chi connectivity index (χ2n) is 10.3. The lowest BCUT2D eigenvalue weighted by Crippen LogP contribution is -2.71. The first-order valence-electron chi connectivity index (χ1n) is 12.2. The number of carboxylic acid groups (broad SMARTS) is 2. The number of carbonyl (C=O) groups excluding carboxylic acids is 3. The largest absolute Gasteiger partial charge is 0.543 e. The van der Waals surface area contributed by atoms with Crippen molar-refractivity contribution in [3.63, 3.8) is 0 Å². The number of nitrogen functional groups attached to an aromatic ring is 1. The SMILES string of the molecule is CC(C)(O/N=C(\C(=O)NC1C(=O)N2C(C(=O)[O-])=C(/C=C/C[N+]3(C)CCCC3)CS[C@@H]12)c1csc(N)n1)C(=O)O. The van der Waals surface area contributed by atoms with Gasteiger partial charge in [0.25, 0.3) is 11.8 Å². The van der Waals surface area contributed by atoms with Crippen LogP contribution in [-0.4, -0.2) is 98.4 Å². The molecule has 39 heavy (non-hydrogen) atoms. The van der Waals surface area contributed by atoms with Crippen LogP contribution >= 0.6 is 23.1 Å². The van der Waals surface area contributed by atoms with Gasteiger partial charge >= 0.3 is 5.97 Å². The van der Waals surface area contributed by atoms with Crippen molar-refractivity contribution in [3.8, 4) is 0 Å². The number of rotatable bonds is 10. The normalized spacial score (nSPS) is 23.0. The Morgan fingerprint density at radius 2 is 2.08 bits per heavy atom. The number of thioether (sulfide) groups is 1. The average molecular weight is 579 g/mol. The highest BCUT2D eigenvalue weighted by Crippen LogP contribution is 2.40. The molecule has 0 saturated carbocycles. The summed E-state index contributed by atoms with van der Waals surface area (Å²) in [5, 5.41) is 28.5. The van der Waals surface area contributed by atoms with Gasteiger partial charge in [0, 0.05) is 24.0 Å². The fourth-order valence-corrected chi connectivity index (χ4v) is 6.37. The third kappa shape index (κ3) is 5.94. The van der Waals surface area contributed by atoms with Gasteiger partial charge in [-0.15, -0.1) is 23.1 Å². The van der Waals surface area contributed by atoms with E-state index < -0.39 is 40.8 Å². The summed E-state index contributed by atoms with van der Waals surface area (Å²) in [6.45, 7) is 5.40. The van der Waals surface area contributed by atoms with Gasteiger partial charge in [-0.3, -0.25) is 14.5 Å². The summed E-state index contributed by atoms with van der Waals surface area (Å²) in [6.07, 6.45) is 6.01. The van der Waals surface area contributed by atoms with Crippen molar-refractivity contribution in [1.29, 1.82) is 0 Å². The number of fused-ring (bicyclic) bond motifs is 1. The molecule has 1 aromatic rings. The number of oxime groups is 1.